The minimum atomic E-state index is -0.797. The zero-order chi connectivity index (χ0) is 16.2. The maximum atomic E-state index is 11.9. The molecule has 1 rings (SSSR count). The molecule has 0 amide bonds. The highest BCUT2D eigenvalue weighted by molar-refractivity contribution is 5.88. The lowest BCUT2D eigenvalue weighted by Crippen LogP contribution is -2.19. The van der Waals surface area contributed by atoms with Crippen LogP contribution < -0.4 is 0 Å². The summed E-state index contributed by atoms with van der Waals surface area (Å²) in [4.78, 5) is 11.9. The molecule has 0 aliphatic carbocycles. The minimum absolute atomic E-state index is 0.157. The summed E-state index contributed by atoms with van der Waals surface area (Å²) < 4.78 is 5.17. The zero-order valence-corrected chi connectivity index (χ0v) is 13.6. The van der Waals surface area contributed by atoms with E-state index in [1.165, 1.54) is 25.7 Å². The van der Waals surface area contributed by atoms with Crippen LogP contribution >= 0.6 is 0 Å². The molecule has 0 heterocycles. The van der Waals surface area contributed by atoms with Gasteiger partial charge in [0, 0.05) is 0 Å². The summed E-state index contributed by atoms with van der Waals surface area (Å²) in [6, 6.07) is 9.48. The van der Waals surface area contributed by atoms with Crippen LogP contribution in [-0.4, -0.2) is 17.2 Å². The van der Waals surface area contributed by atoms with Crippen molar-refractivity contribution < 1.29 is 14.6 Å². The molecule has 0 aromatic heterocycles. The van der Waals surface area contributed by atoms with Gasteiger partial charge in [-0.1, -0.05) is 82.4 Å². The van der Waals surface area contributed by atoms with E-state index in [4.69, 9.17) is 4.74 Å². The normalized spacial score (nSPS) is 11.9. The van der Waals surface area contributed by atoms with Gasteiger partial charge >= 0.3 is 5.97 Å². The highest BCUT2D eigenvalue weighted by atomic mass is 16.5. The number of hydrogen-bond acceptors (Lipinski definition) is 3. The van der Waals surface area contributed by atoms with Crippen LogP contribution in [0.5, 0.6) is 0 Å². The highest BCUT2D eigenvalue weighted by Crippen LogP contribution is 2.14. The third kappa shape index (κ3) is 7.41. The van der Waals surface area contributed by atoms with Crippen molar-refractivity contribution in [2.45, 2.75) is 64.6 Å². The van der Waals surface area contributed by atoms with E-state index in [1.807, 2.05) is 30.3 Å². The van der Waals surface area contributed by atoms with E-state index in [0.29, 0.717) is 6.42 Å². The topological polar surface area (TPSA) is 46.5 Å². The first-order chi connectivity index (χ1) is 10.6. The Morgan fingerprint density at radius 3 is 2.45 bits per heavy atom. The number of rotatable bonds is 11. The maximum absolute atomic E-state index is 11.9. The Morgan fingerprint density at radius 1 is 1.14 bits per heavy atom. The van der Waals surface area contributed by atoms with Crippen LogP contribution in [0.25, 0.3) is 0 Å². The lowest BCUT2D eigenvalue weighted by atomic mass is 10.0. The molecule has 122 valence electrons. The fourth-order valence-corrected chi connectivity index (χ4v) is 2.24. The van der Waals surface area contributed by atoms with E-state index in [1.54, 1.807) is 0 Å². The van der Waals surface area contributed by atoms with Crippen LogP contribution in [0, 0.1) is 0 Å². The molecule has 3 heteroatoms. The molecular weight excluding hydrogens is 276 g/mol. The van der Waals surface area contributed by atoms with Gasteiger partial charge in [-0.05, 0) is 12.0 Å². The number of carbonyl (C=O) groups excluding carboxylic acids is 1. The molecule has 0 bridgehead atoms. The number of aliphatic hydroxyl groups is 1. The van der Waals surface area contributed by atoms with E-state index in [0.717, 1.165) is 18.4 Å². The molecule has 22 heavy (non-hydrogen) atoms. The van der Waals surface area contributed by atoms with Gasteiger partial charge in [0.25, 0.3) is 0 Å². The van der Waals surface area contributed by atoms with Gasteiger partial charge in [-0.2, -0.15) is 0 Å². The van der Waals surface area contributed by atoms with E-state index >= 15 is 0 Å². The summed E-state index contributed by atoms with van der Waals surface area (Å²) >= 11 is 0. The van der Waals surface area contributed by atoms with Crippen molar-refractivity contribution in [3.05, 3.63) is 48.0 Å². The van der Waals surface area contributed by atoms with E-state index in [9.17, 15) is 9.90 Å². The molecule has 0 fully saturated rings. The number of benzene rings is 1. The Morgan fingerprint density at radius 2 is 1.77 bits per heavy atom. The predicted octanol–water partition coefficient (Wildman–Crippen LogP) is 4.40. The molecule has 0 radical (unpaired) electrons. The quantitative estimate of drug-likeness (QED) is 0.374. The van der Waals surface area contributed by atoms with Gasteiger partial charge in [-0.25, -0.2) is 4.79 Å². The largest absolute Gasteiger partial charge is 0.457 e. The van der Waals surface area contributed by atoms with Crippen molar-refractivity contribution in [2.24, 2.45) is 0 Å². The van der Waals surface area contributed by atoms with E-state index in [-0.39, 0.29) is 12.2 Å². The minimum Gasteiger partial charge on any atom is -0.457 e. The lowest BCUT2D eigenvalue weighted by Gasteiger charge is -2.13. The molecule has 0 aliphatic rings. The van der Waals surface area contributed by atoms with Gasteiger partial charge in [-0.3, -0.25) is 0 Å². The monoisotopic (exact) mass is 304 g/mol. The van der Waals surface area contributed by atoms with Crippen molar-refractivity contribution in [3.63, 3.8) is 0 Å². The van der Waals surface area contributed by atoms with Crippen LogP contribution in [0.15, 0.2) is 42.5 Å². The molecule has 0 aliphatic heterocycles. The number of aliphatic hydroxyl groups excluding tert-OH is 1. The Bertz CT molecular complexity index is 439. The highest BCUT2D eigenvalue weighted by Gasteiger charge is 2.17. The Labute approximate surface area is 134 Å². The van der Waals surface area contributed by atoms with Crippen molar-refractivity contribution in [1.29, 1.82) is 0 Å². The fraction of sp³-hybridized carbons (Fsp3) is 0.526. The summed E-state index contributed by atoms with van der Waals surface area (Å²) in [6.07, 6.45) is 6.70. The Kier molecular flexibility index (Phi) is 9.24. The van der Waals surface area contributed by atoms with Crippen molar-refractivity contribution in [3.8, 4) is 0 Å². The molecule has 0 spiro atoms. The maximum Gasteiger partial charge on any atom is 0.336 e. The van der Waals surface area contributed by atoms with Gasteiger partial charge in [0.1, 0.15) is 6.61 Å². The number of ether oxygens (including phenoxy) is 1. The van der Waals surface area contributed by atoms with Crippen molar-refractivity contribution >= 4 is 5.97 Å². The van der Waals surface area contributed by atoms with E-state index < -0.39 is 12.1 Å². The molecule has 0 saturated carbocycles. The first kappa shape index (κ1) is 18.4. The lowest BCUT2D eigenvalue weighted by molar-refractivity contribution is -0.141. The molecule has 3 nitrogen and oxygen atoms in total. The number of unbranched alkanes of at least 4 members (excludes halogenated alkanes) is 5. The number of esters is 1. The summed E-state index contributed by atoms with van der Waals surface area (Å²) in [5.74, 6) is -0.512. The van der Waals surface area contributed by atoms with Crippen LogP contribution in [0.3, 0.4) is 0 Å². The van der Waals surface area contributed by atoms with E-state index in [2.05, 4.69) is 13.5 Å². The smallest absolute Gasteiger partial charge is 0.336 e. The first-order valence-electron chi connectivity index (χ1n) is 8.23. The molecule has 1 N–H and O–H groups in total. The van der Waals surface area contributed by atoms with Gasteiger partial charge in [-0.15, -0.1) is 0 Å². The molecule has 1 aromatic rings. The van der Waals surface area contributed by atoms with Crippen LogP contribution in [0.4, 0.5) is 0 Å². The third-order valence-electron chi connectivity index (χ3n) is 3.71. The van der Waals surface area contributed by atoms with Crippen molar-refractivity contribution in [1.82, 2.24) is 0 Å². The molecule has 1 atom stereocenters. The molecule has 1 unspecified atom stereocenters. The second-order valence-corrected chi connectivity index (χ2v) is 5.66. The second-order valence-electron chi connectivity index (χ2n) is 5.66. The molecule has 1 aromatic carbocycles. The average molecular weight is 304 g/mol. The second kappa shape index (κ2) is 11.0. The Hall–Kier alpha value is -1.61. The summed E-state index contributed by atoms with van der Waals surface area (Å²) in [7, 11) is 0. The third-order valence-corrected chi connectivity index (χ3v) is 3.71. The van der Waals surface area contributed by atoms with Crippen molar-refractivity contribution in [2.75, 3.05) is 0 Å². The predicted molar refractivity (Wildman–Crippen MR) is 89.4 cm³/mol. The summed E-state index contributed by atoms with van der Waals surface area (Å²) in [6.45, 7) is 6.07. The summed E-state index contributed by atoms with van der Waals surface area (Å²) in [5.41, 5.74) is 1.08. The van der Waals surface area contributed by atoms with Gasteiger partial charge in [0.05, 0.1) is 11.7 Å². The van der Waals surface area contributed by atoms with Crippen LogP contribution in [0.1, 0.15) is 57.4 Å². The van der Waals surface area contributed by atoms with Gasteiger partial charge in [0.2, 0.25) is 0 Å². The molecular formula is C19H28O3. The van der Waals surface area contributed by atoms with Crippen LogP contribution in [0.2, 0.25) is 0 Å². The van der Waals surface area contributed by atoms with Crippen LogP contribution in [-0.2, 0) is 16.1 Å². The van der Waals surface area contributed by atoms with Gasteiger partial charge < -0.3 is 9.84 Å². The van der Waals surface area contributed by atoms with Gasteiger partial charge in [0.15, 0.2) is 0 Å². The molecule has 0 saturated heterocycles. The standard InChI is InChI=1S/C19H28O3/c1-3-4-5-6-7-11-14-18(20)16(2)19(21)22-15-17-12-9-8-10-13-17/h8-10,12-13,18,20H,2-7,11,14-15H2,1H3. The number of carbonyl (C=O) groups is 1. The Balaban J connectivity index is 2.20. The number of hydrogen-bond donors (Lipinski definition) is 1. The zero-order valence-electron chi connectivity index (χ0n) is 13.6. The first-order valence-corrected chi connectivity index (χ1v) is 8.23. The average Bonchev–Trinajstić information content (AvgIpc) is 2.55. The SMILES string of the molecule is C=C(C(=O)OCc1ccccc1)C(O)CCCCCCCC. The fourth-order valence-electron chi connectivity index (χ4n) is 2.24. The summed E-state index contributed by atoms with van der Waals surface area (Å²) in [5, 5.41) is 9.99.